The molecule has 2 N–H and O–H groups in total. The Bertz CT molecular complexity index is 705. The van der Waals surface area contributed by atoms with E-state index in [2.05, 4.69) is 15.0 Å². The Morgan fingerprint density at radius 2 is 2.27 bits per heavy atom. The maximum absolute atomic E-state index is 6.36. The third-order valence-corrected chi connectivity index (χ3v) is 4.83. The minimum Gasteiger partial charge on any atom is -0.382 e. The average molecular weight is 305 g/mol. The fourth-order valence-electron chi connectivity index (χ4n) is 3.98. The van der Waals surface area contributed by atoms with Crippen molar-refractivity contribution in [3.63, 3.8) is 0 Å². The zero-order valence-corrected chi connectivity index (χ0v) is 12.6. The number of fused-ring (bicyclic) bond motifs is 3. The molecule has 118 valence electrons. The van der Waals surface area contributed by atoms with E-state index in [0.29, 0.717) is 23.6 Å². The predicted molar refractivity (Wildman–Crippen MR) is 78.0 cm³/mol. The second kappa shape index (κ2) is 4.87. The highest BCUT2D eigenvalue weighted by molar-refractivity contribution is 5.81. The van der Waals surface area contributed by atoms with Crippen molar-refractivity contribution >= 4 is 17.0 Å². The average Bonchev–Trinajstić information content (AvgIpc) is 3.16. The van der Waals surface area contributed by atoms with E-state index in [-0.39, 0.29) is 18.2 Å². The van der Waals surface area contributed by atoms with E-state index in [1.807, 2.05) is 4.57 Å². The first kappa shape index (κ1) is 13.9. The van der Waals surface area contributed by atoms with E-state index in [9.17, 15) is 0 Å². The highest BCUT2D eigenvalue weighted by Crippen LogP contribution is 2.54. The second-order valence-electron chi connectivity index (χ2n) is 5.95. The minimum atomic E-state index is -0.395. The first-order valence-corrected chi connectivity index (χ1v) is 7.33. The summed E-state index contributed by atoms with van der Waals surface area (Å²) in [6.45, 7) is 0.516. The van der Waals surface area contributed by atoms with Crippen molar-refractivity contribution in [1.29, 1.82) is 0 Å². The highest BCUT2D eigenvalue weighted by atomic mass is 16.6. The molecule has 1 aliphatic heterocycles. The van der Waals surface area contributed by atoms with Crippen molar-refractivity contribution in [1.82, 2.24) is 19.5 Å². The molecule has 2 aromatic heterocycles. The number of aromatic nitrogens is 4. The first-order chi connectivity index (χ1) is 10.7. The first-order valence-electron chi connectivity index (χ1n) is 7.33. The zero-order chi connectivity index (χ0) is 15.3. The van der Waals surface area contributed by atoms with Crippen LogP contribution >= 0.6 is 0 Å². The van der Waals surface area contributed by atoms with Crippen LogP contribution in [0.1, 0.15) is 19.1 Å². The molecule has 2 bridgehead atoms. The number of methoxy groups -OCH3 is 2. The van der Waals surface area contributed by atoms with E-state index in [0.717, 1.165) is 12.8 Å². The number of nitrogen functional groups attached to an aromatic ring is 1. The van der Waals surface area contributed by atoms with Gasteiger partial charge in [0.25, 0.3) is 0 Å². The Balaban J connectivity index is 1.76. The summed E-state index contributed by atoms with van der Waals surface area (Å²) in [6, 6.07) is 0. The Labute approximate surface area is 127 Å². The lowest BCUT2D eigenvalue weighted by atomic mass is 10.00. The van der Waals surface area contributed by atoms with Gasteiger partial charge in [-0.05, 0) is 12.8 Å². The molecule has 4 rings (SSSR count). The summed E-state index contributed by atoms with van der Waals surface area (Å²) >= 11 is 0. The lowest BCUT2D eigenvalue weighted by Crippen LogP contribution is -2.42. The fraction of sp³-hybridized carbons (Fsp3) is 0.643. The number of rotatable bonds is 4. The van der Waals surface area contributed by atoms with Crippen LogP contribution in [-0.2, 0) is 14.2 Å². The number of anilines is 1. The topological polar surface area (TPSA) is 97.3 Å². The summed E-state index contributed by atoms with van der Waals surface area (Å²) in [5, 5.41) is 0. The maximum atomic E-state index is 6.36. The molecule has 22 heavy (non-hydrogen) atoms. The summed E-state index contributed by atoms with van der Waals surface area (Å²) < 4.78 is 19.4. The van der Waals surface area contributed by atoms with Crippen molar-refractivity contribution in [2.24, 2.45) is 5.92 Å². The molecule has 1 saturated carbocycles. The van der Waals surface area contributed by atoms with Gasteiger partial charge in [0.1, 0.15) is 23.7 Å². The van der Waals surface area contributed by atoms with Crippen molar-refractivity contribution in [2.75, 3.05) is 26.6 Å². The second-order valence-corrected chi connectivity index (χ2v) is 5.95. The zero-order valence-electron chi connectivity index (χ0n) is 12.6. The van der Waals surface area contributed by atoms with Crippen molar-refractivity contribution in [2.45, 2.75) is 30.8 Å². The van der Waals surface area contributed by atoms with Crippen LogP contribution in [0.25, 0.3) is 11.2 Å². The molecular weight excluding hydrogens is 286 g/mol. The molecule has 0 spiro atoms. The van der Waals surface area contributed by atoms with E-state index >= 15 is 0 Å². The van der Waals surface area contributed by atoms with E-state index in [1.54, 1.807) is 20.5 Å². The molecule has 8 nitrogen and oxygen atoms in total. The van der Waals surface area contributed by atoms with Crippen LogP contribution in [0, 0.1) is 5.92 Å². The molecule has 2 fully saturated rings. The van der Waals surface area contributed by atoms with Crippen LogP contribution in [-0.4, -0.2) is 52.1 Å². The van der Waals surface area contributed by atoms with Gasteiger partial charge in [-0.1, -0.05) is 0 Å². The van der Waals surface area contributed by atoms with Gasteiger partial charge in [0, 0.05) is 20.1 Å². The highest BCUT2D eigenvalue weighted by Gasteiger charge is 2.61. The number of hydrogen-bond donors (Lipinski definition) is 1. The van der Waals surface area contributed by atoms with Crippen LogP contribution in [0.3, 0.4) is 0 Å². The van der Waals surface area contributed by atoms with Gasteiger partial charge >= 0.3 is 0 Å². The Hall–Kier alpha value is -1.77. The van der Waals surface area contributed by atoms with Gasteiger partial charge in [-0.15, -0.1) is 0 Å². The normalized spacial score (nSPS) is 33.8. The van der Waals surface area contributed by atoms with Crippen LogP contribution in [0.2, 0.25) is 0 Å². The summed E-state index contributed by atoms with van der Waals surface area (Å²) in [7, 11) is 3.41. The monoisotopic (exact) mass is 305 g/mol. The molecule has 0 aromatic carbocycles. The fourth-order valence-corrected chi connectivity index (χ4v) is 3.98. The summed E-state index contributed by atoms with van der Waals surface area (Å²) in [5.41, 5.74) is 6.75. The third kappa shape index (κ3) is 1.71. The lowest BCUT2D eigenvalue weighted by molar-refractivity contribution is -0.148. The summed E-state index contributed by atoms with van der Waals surface area (Å²) in [6.07, 6.45) is 4.95. The minimum absolute atomic E-state index is 0.00841. The smallest absolute Gasteiger partial charge is 0.167 e. The van der Waals surface area contributed by atoms with E-state index in [1.165, 1.54) is 6.33 Å². The van der Waals surface area contributed by atoms with Crippen LogP contribution in [0.5, 0.6) is 0 Å². The van der Waals surface area contributed by atoms with Crippen LogP contribution in [0.15, 0.2) is 12.7 Å². The number of nitrogens with zero attached hydrogens (tertiary/aromatic N) is 4. The summed E-state index contributed by atoms with van der Waals surface area (Å²) in [4.78, 5) is 12.6. The molecule has 4 atom stereocenters. The van der Waals surface area contributed by atoms with E-state index < -0.39 is 5.60 Å². The molecule has 2 unspecified atom stereocenters. The van der Waals surface area contributed by atoms with Gasteiger partial charge in [0.2, 0.25) is 0 Å². The Kier molecular flexibility index (Phi) is 3.07. The van der Waals surface area contributed by atoms with Gasteiger partial charge in [-0.3, -0.25) is 4.57 Å². The number of hydrogen-bond acceptors (Lipinski definition) is 7. The molecule has 2 aliphatic rings. The van der Waals surface area contributed by atoms with Crippen LogP contribution in [0.4, 0.5) is 5.82 Å². The van der Waals surface area contributed by atoms with Crippen molar-refractivity contribution < 1.29 is 14.2 Å². The number of imidazole rings is 1. The van der Waals surface area contributed by atoms with Crippen molar-refractivity contribution in [3.05, 3.63) is 12.7 Å². The molecule has 2 aromatic rings. The molecule has 3 heterocycles. The van der Waals surface area contributed by atoms with Gasteiger partial charge in [-0.25, -0.2) is 15.0 Å². The number of ether oxygens (including phenoxy) is 3. The quantitative estimate of drug-likeness (QED) is 0.890. The van der Waals surface area contributed by atoms with Crippen molar-refractivity contribution in [3.8, 4) is 0 Å². The van der Waals surface area contributed by atoms with Gasteiger partial charge in [0.05, 0.1) is 19.0 Å². The van der Waals surface area contributed by atoms with Crippen LogP contribution < -0.4 is 5.73 Å². The maximum Gasteiger partial charge on any atom is 0.167 e. The molecule has 0 amide bonds. The molecule has 8 heteroatoms. The largest absolute Gasteiger partial charge is 0.382 e. The van der Waals surface area contributed by atoms with Gasteiger partial charge in [0.15, 0.2) is 11.5 Å². The Morgan fingerprint density at radius 3 is 3.05 bits per heavy atom. The SMILES string of the molecule is COC[C@]12CCC(C1OC)[C@H](n1cnc3c(N)ncnc31)O2. The predicted octanol–water partition coefficient (Wildman–Crippen LogP) is 0.747. The number of nitrogens with two attached hydrogens (primary N) is 1. The lowest BCUT2D eigenvalue weighted by Gasteiger charge is -2.31. The molecule has 1 aliphatic carbocycles. The van der Waals surface area contributed by atoms with Gasteiger partial charge < -0.3 is 19.9 Å². The Morgan fingerprint density at radius 1 is 1.41 bits per heavy atom. The van der Waals surface area contributed by atoms with E-state index in [4.69, 9.17) is 19.9 Å². The summed E-state index contributed by atoms with van der Waals surface area (Å²) in [5.74, 6) is 0.621. The molecule has 1 saturated heterocycles. The standard InChI is InChI=1S/C14H19N5O3/c1-20-5-14-4-3-8(10(14)21-2)13(22-14)19-7-18-9-11(15)16-6-17-12(9)19/h6-8,10,13H,3-5H2,1-2H3,(H2,15,16,17)/t8?,10?,13-,14-/m1/s1. The molecular formula is C14H19N5O3. The molecule has 0 radical (unpaired) electrons. The third-order valence-electron chi connectivity index (χ3n) is 4.83. The van der Waals surface area contributed by atoms with Gasteiger partial charge in [-0.2, -0.15) is 0 Å².